The minimum atomic E-state index is -0.513. The Hall–Kier alpha value is -1.56. The molecule has 22 heavy (non-hydrogen) atoms. The van der Waals surface area contributed by atoms with Crippen LogP contribution in [0.2, 0.25) is 0 Å². The molecule has 0 radical (unpaired) electrons. The van der Waals surface area contributed by atoms with Gasteiger partial charge in [-0.1, -0.05) is 19.8 Å². The number of H-pyrrole nitrogens is 1. The molecule has 0 saturated heterocycles. The number of carbonyl (C=O) groups excluding carboxylic acids is 1. The normalized spacial score (nSPS) is 21.8. The third kappa shape index (κ3) is 4.73. The molecule has 1 aromatic heterocycles. The number of aromatic nitrogens is 2. The number of anilines is 1. The summed E-state index contributed by atoms with van der Waals surface area (Å²) < 4.78 is 5.26. The molecule has 6 nitrogen and oxygen atoms in total. The van der Waals surface area contributed by atoms with Crippen molar-refractivity contribution in [2.75, 3.05) is 5.32 Å². The standard InChI is InChI=1S/C16H28N4O2/c1-5-11-7-6-8-13(11)17-9-12-10-18-20-14(12)19-15(21)22-16(2,3)4/h10-11,13,17H,5-9H2,1-4H3,(H2,18,19,20,21). The molecule has 0 aromatic carbocycles. The van der Waals surface area contributed by atoms with Crippen LogP contribution in [0.1, 0.15) is 58.9 Å². The Labute approximate surface area is 132 Å². The fourth-order valence-electron chi connectivity index (χ4n) is 2.99. The first-order chi connectivity index (χ1) is 10.4. The van der Waals surface area contributed by atoms with Gasteiger partial charge in [0.05, 0.1) is 6.20 Å². The van der Waals surface area contributed by atoms with E-state index in [9.17, 15) is 4.79 Å². The van der Waals surface area contributed by atoms with E-state index in [-0.39, 0.29) is 0 Å². The van der Waals surface area contributed by atoms with Crippen molar-refractivity contribution in [3.05, 3.63) is 11.8 Å². The number of amides is 1. The first-order valence-electron chi connectivity index (χ1n) is 8.14. The lowest BCUT2D eigenvalue weighted by Crippen LogP contribution is -2.32. The smallest absolute Gasteiger partial charge is 0.413 e. The summed E-state index contributed by atoms with van der Waals surface area (Å²) in [6.07, 6.45) is 6.32. The van der Waals surface area contributed by atoms with Crippen LogP contribution in [0.15, 0.2) is 6.20 Å². The monoisotopic (exact) mass is 308 g/mol. The number of aromatic amines is 1. The first kappa shape index (κ1) is 16.8. The summed E-state index contributed by atoms with van der Waals surface area (Å²) in [5, 5.41) is 13.2. The summed E-state index contributed by atoms with van der Waals surface area (Å²) in [7, 11) is 0. The molecule has 1 aliphatic rings. The van der Waals surface area contributed by atoms with E-state index in [2.05, 4.69) is 27.8 Å². The fourth-order valence-corrected chi connectivity index (χ4v) is 2.99. The maximum Gasteiger partial charge on any atom is 0.413 e. The number of nitrogens with zero attached hydrogens (tertiary/aromatic N) is 1. The molecule has 2 unspecified atom stereocenters. The van der Waals surface area contributed by atoms with Gasteiger partial charge in [0, 0.05) is 18.2 Å². The molecule has 2 rings (SSSR count). The number of hydrogen-bond donors (Lipinski definition) is 3. The van der Waals surface area contributed by atoms with Gasteiger partial charge in [-0.05, 0) is 39.5 Å². The molecule has 1 amide bonds. The highest BCUT2D eigenvalue weighted by atomic mass is 16.6. The van der Waals surface area contributed by atoms with Gasteiger partial charge in [-0.2, -0.15) is 5.10 Å². The summed E-state index contributed by atoms with van der Waals surface area (Å²) >= 11 is 0. The molecule has 3 N–H and O–H groups in total. The van der Waals surface area contributed by atoms with Gasteiger partial charge in [-0.3, -0.25) is 10.4 Å². The van der Waals surface area contributed by atoms with Crippen LogP contribution in [0.5, 0.6) is 0 Å². The summed E-state index contributed by atoms with van der Waals surface area (Å²) in [5.74, 6) is 1.36. The van der Waals surface area contributed by atoms with Gasteiger partial charge in [-0.25, -0.2) is 4.79 Å². The third-order valence-corrected chi connectivity index (χ3v) is 4.08. The lowest BCUT2D eigenvalue weighted by Gasteiger charge is -2.21. The average molecular weight is 308 g/mol. The predicted molar refractivity (Wildman–Crippen MR) is 86.7 cm³/mol. The van der Waals surface area contributed by atoms with E-state index in [1.807, 2.05) is 20.8 Å². The summed E-state index contributed by atoms with van der Waals surface area (Å²) in [4.78, 5) is 11.8. The van der Waals surface area contributed by atoms with Crippen LogP contribution >= 0.6 is 0 Å². The molecule has 0 spiro atoms. The highest BCUT2D eigenvalue weighted by Gasteiger charge is 2.25. The largest absolute Gasteiger partial charge is 0.444 e. The molecule has 1 heterocycles. The number of rotatable bonds is 5. The van der Waals surface area contributed by atoms with E-state index in [4.69, 9.17) is 4.74 Å². The fraction of sp³-hybridized carbons (Fsp3) is 0.750. The minimum absolute atomic E-state index is 0.467. The zero-order valence-electron chi connectivity index (χ0n) is 14.0. The zero-order valence-corrected chi connectivity index (χ0v) is 14.0. The van der Waals surface area contributed by atoms with Crippen molar-refractivity contribution < 1.29 is 9.53 Å². The Kier molecular flexibility index (Phi) is 5.45. The highest BCUT2D eigenvalue weighted by Crippen LogP contribution is 2.28. The van der Waals surface area contributed by atoms with E-state index >= 15 is 0 Å². The molecule has 1 aromatic rings. The molecule has 0 bridgehead atoms. The number of ether oxygens (including phenoxy) is 1. The number of carbonyl (C=O) groups is 1. The maximum absolute atomic E-state index is 11.8. The van der Waals surface area contributed by atoms with E-state index in [0.717, 1.165) is 11.5 Å². The topological polar surface area (TPSA) is 79.0 Å². The zero-order chi connectivity index (χ0) is 16.2. The number of hydrogen-bond acceptors (Lipinski definition) is 4. The Balaban J connectivity index is 1.88. The Morgan fingerprint density at radius 3 is 2.91 bits per heavy atom. The van der Waals surface area contributed by atoms with Gasteiger partial charge in [0.15, 0.2) is 0 Å². The Morgan fingerprint density at radius 2 is 2.23 bits per heavy atom. The van der Waals surface area contributed by atoms with Gasteiger partial charge >= 0.3 is 6.09 Å². The summed E-state index contributed by atoms with van der Waals surface area (Å²) in [6.45, 7) is 8.47. The van der Waals surface area contributed by atoms with Gasteiger partial charge in [0.25, 0.3) is 0 Å². The Bertz CT molecular complexity index is 493. The second kappa shape index (κ2) is 7.13. The second-order valence-corrected chi connectivity index (χ2v) is 6.98. The van der Waals surface area contributed by atoms with Gasteiger partial charge < -0.3 is 10.1 Å². The van der Waals surface area contributed by atoms with Crippen LogP contribution in [-0.4, -0.2) is 27.9 Å². The molecular formula is C16H28N4O2. The molecule has 6 heteroatoms. The summed E-state index contributed by atoms with van der Waals surface area (Å²) in [6, 6.07) is 0.564. The van der Waals surface area contributed by atoms with Gasteiger partial charge in [-0.15, -0.1) is 0 Å². The molecule has 0 aliphatic heterocycles. The molecule has 1 saturated carbocycles. The second-order valence-electron chi connectivity index (χ2n) is 6.98. The molecule has 2 atom stereocenters. The van der Waals surface area contributed by atoms with Crippen LogP contribution in [0.25, 0.3) is 0 Å². The summed E-state index contributed by atoms with van der Waals surface area (Å²) in [5.41, 5.74) is 0.438. The first-order valence-corrected chi connectivity index (χ1v) is 8.14. The predicted octanol–water partition coefficient (Wildman–Crippen LogP) is 3.43. The van der Waals surface area contributed by atoms with Gasteiger partial charge in [0.1, 0.15) is 11.4 Å². The number of nitrogens with one attached hydrogen (secondary N) is 3. The van der Waals surface area contributed by atoms with E-state index < -0.39 is 11.7 Å². The van der Waals surface area contributed by atoms with Crippen molar-refractivity contribution >= 4 is 11.9 Å². The third-order valence-electron chi connectivity index (χ3n) is 4.08. The van der Waals surface area contributed by atoms with E-state index in [0.29, 0.717) is 18.4 Å². The maximum atomic E-state index is 11.8. The van der Waals surface area contributed by atoms with Crippen molar-refractivity contribution in [2.24, 2.45) is 5.92 Å². The lowest BCUT2D eigenvalue weighted by atomic mass is 10.0. The minimum Gasteiger partial charge on any atom is -0.444 e. The SMILES string of the molecule is CCC1CCCC1NCc1cn[nH]c1NC(=O)OC(C)(C)C. The van der Waals surface area contributed by atoms with Crippen molar-refractivity contribution in [1.82, 2.24) is 15.5 Å². The van der Waals surface area contributed by atoms with Crippen LogP contribution in [-0.2, 0) is 11.3 Å². The van der Waals surface area contributed by atoms with Crippen LogP contribution in [0, 0.1) is 5.92 Å². The molecule has 1 fully saturated rings. The van der Waals surface area contributed by atoms with Crippen molar-refractivity contribution in [2.45, 2.75) is 71.6 Å². The molecule has 124 valence electrons. The van der Waals surface area contributed by atoms with Crippen LogP contribution in [0.3, 0.4) is 0 Å². The molecular weight excluding hydrogens is 280 g/mol. The van der Waals surface area contributed by atoms with E-state index in [1.165, 1.54) is 25.7 Å². The van der Waals surface area contributed by atoms with Crippen LogP contribution in [0.4, 0.5) is 10.6 Å². The Morgan fingerprint density at radius 1 is 1.45 bits per heavy atom. The van der Waals surface area contributed by atoms with Crippen molar-refractivity contribution in [3.8, 4) is 0 Å². The quantitative estimate of drug-likeness (QED) is 0.778. The van der Waals surface area contributed by atoms with Crippen molar-refractivity contribution in [3.63, 3.8) is 0 Å². The van der Waals surface area contributed by atoms with Crippen molar-refractivity contribution in [1.29, 1.82) is 0 Å². The van der Waals surface area contributed by atoms with Gasteiger partial charge in [0.2, 0.25) is 0 Å². The lowest BCUT2D eigenvalue weighted by molar-refractivity contribution is 0.0635. The molecule has 1 aliphatic carbocycles. The van der Waals surface area contributed by atoms with Crippen LogP contribution < -0.4 is 10.6 Å². The average Bonchev–Trinajstić information content (AvgIpc) is 3.02. The van der Waals surface area contributed by atoms with E-state index in [1.54, 1.807) is 6.20 Å². The highest BCUT2D eigenvalue weighted by molar-refractivity contribution is 5.84.